The number of nitrogens with zero attached hydrogens (tertiary/aromatic N) is 4. The largest absolute Gasteiger partial charge is 0.376 e. The van der Waals surface area contributed by atoms with Crippen LogP contribution in [0, 0.1) is 0 Å². The summed E-state index contributed by atoms with van der Waals surface area (Å²) in [6.07, 6.45) is 11.4. The second-order valence-electron chi connectivity index (χ2n) is 9.20. The molecule has 1 unspecified atom stereocenters. The summed E-state index contributed by atoms with van der Waals surface area (Å²) in [4.78, 5) is 9.52. The van der Waals surface area contributed by atoms with Crippen molar-refractivity contribution in [2.24, 2.45) is 0 Å². The van der Waals surface area contributed by atoms with Crippen molar-refractivity contribution in [1.29, 1.82) is 0 Å². The maximum Gasteiger partial charge on any atom is 0.227 e. The predicted molar refractivity (Wildman–Crippen MR) is 117 cm³/mol. The Morgan fingerprint density at radius 3 is 2.50 bits per heavy atom. The molecular weight excluding hydrogens is 400 g/mol. The Labute approximate surface area is 181 Å². The molecule has 1 aromatic rings. The lowest BCUT2D eigenvalue weighted by molar-refractivity contribution is 0.0719. The minimum atomic E-state index is -3.36. The zero-order valence-corrected chi connectivity index (χ0v) is 19.3. The zero-order valence-electron chi connectivity index (χ0n) is 18.5. The second-order valence-corrected chi connectivity index (χ2v) is 11.2. The summed E-state index contributed by atoms with van der Waals surface area (Å²) in [5.74, 6) is 0.148. The molecule has 1 atom stereocenters. The van der Waals surface area contributed by atoms with Crippen molar-refractivity contribution in [3.05, 3.63) is 11.9 Å². The van der Waals surface area contributed by atoms with Crippen LogP contribution in [-0.4, -0.2) is 78.5 Å². The molecule has 2 saturated heterocycles. The molecule has 1 saturated carbocycles. The van der Waals surface area contributed by atoms with Gasteiger partial charge in [0.25, 0.3) is 0 Å². The molecule has 3 heterocycles. The number of hydrogen-bond acceptors (Lipinski definition) is 6. The SMILES string of the molecule is CCCS(=O)(=O)c1ncc(CN2CCN(C3CCCCC3)CC2)n1CC1CCCO1. The maximum absolute atomic E-state index is 12.8. The Hall–Kier alpha value is -0.960. The lowest BCUT2D eigenvalue weighted by atomic mass is 9.94. The van der Waals surface area contributed by atoms with Crippen LogP contribution in [-0.2, 0) is 27.7 Å². The molecule has 0 bridgehead atoms. The lowest BCUT2D eigenvalue weighted by Gasteiger charge is -2.40. The molecule has 170 valence electrons. The third-order valence-electron chi connectivity index (χ3n) is 6.95. The van der Waals surface area contributed by atoms with Gasteiger partial charge >= 0.3 is 0 Å². The van der Waals surface area contributed by atoms with Crippen molar-refractivity contribution in [2.75, 3.05) is 38.5 Å². The Kier molecular flexibility index (Phi) is 7.49. The van der Waals surface area contributed by atoms with Gasteiger partial charge in [0.2, 0.25) is 15.0 Å². The molecule has 3 aliphatic rings. The minimum Gasteiger partial charge on any atom is -0.376 e. The maximum atomic E-state index is 12.8. The van der Waals surface area contributed by atoms with Gasteiger partial charge < -0.3 is 9.30 Å². The molecule has 30 heavy (non-hydrogen) atoms. The lowest BCUT2D eigenvalue weighted by Crippen LogP contribution is -2.50. The first-order chi connectivity index (χ1) is 14.6. The van der Waals surface area contributed by atoms with Crippen LogP contribution < -0.4 is 0 Å². The highest BCUT2D eigenvalue weighted by molar-refractivity contribution is 7.91. The van der Waals surface area contributed by atoms with E-state index < -0.39 is 9.84 Å². The summed E-state index contributed by atoms with van der Waals surface area (Å²) in [6, 6.07) is 0.775. The van der Waals surface area contributed by atoms with E-state index in [1.54, 1.807) is 6.20 Å². The fourth-order valence-electron chi connectivity index (χ4n) is 5.28. The first-order valence-electron chi connectivity index (χ1n) is 11.9. The zero-order chi connectivity index (χ0) is 21.0. The van der Waals surface area contributed by atoms with Gasteiger partial charge in [0.05, 0.1) is 30.3 Å². The predicted octanol–water partition coefficient (Wildman–Crippen LogP) is 2.70. The standard InChI is InChI=1S/C22H38N4O3S/c1-2-15-30(27,28)22-23-16-20(26(22)18-21-9-6-14-29-21)17-24-10-12-25(13-11-24)19-7-4-3-5-8-19/h16,19,21H,2-15,17-18H2,1H3. The normalized spacial score (nSPS) is 25.2. The van der Waals surface area contributed by atoms with Gasteiger partial charge in [-0.25, -0.2) is 13.4 Å². The van der Waals surface area contributed by atoms with E-state index in [4.69, 9.17) is 4.74 Å². The summed E-state index contributed by atoms with van der Waals surface area (Å²) < 4.78 is 33.4. The quantitative estimate of drug-likeness (QED) is 0.622. The van der Waals surface area contributed by atoms with Crippen molar-refractivity contribution in [3.8, 4) is 0 Å². The van der Waals surface area contributed by atoms with Gasteiger partial charge in [0, 0.05) is 45.4 Å². The van der Waals surface area contributed by atoms with Gasteiger partial charge in [-0.3, -0.25) is 9.80 Å². The average Bonchev–Trinajstić information content (AvgIpc) is 3.40. The minimum absolute atomic E-state index is 0.0941. The van der Waals surface area contributed by atoms with Crippen molar-refractivity contribution >= 4 is 9.84 Å². The van der Waals surface area contributed by atoms with Gasteiger partial charge in [-0.15, -0.1) is 0 Å². The molecular formula is C22H38N4O3S. The summed E-state index contributed by atoms with van der Waals surface area (Å²) >= 11 is 0. The van der Waals surface area contributed by atoms with Crippen LogP contribution in [0.25, 0.3) is 0 Å². The van der Waals surface area contributed by atoms with Crippen LogP contribution in [0.15, 0.2) is 11.4 Å². The van der Waals surface area contributed by atoms with Gasteiger partial charge in [0.15, 0.2) is 0 Å². The molecule has 1 aromatic heterocycles. The molecule has 0 amide bonds. The summed E-state index contributed by atoms with van der Waals surface area (Å²) in [6.45, 7) is 8.34. The molecule has 0 N–H and O–H groups in total. The van der Waals surface area contributed by atoms with E-state index in [0.717, 1.165) is 63.9 Å². The van der Waals surface area contributed by atoms with Gasteiger partial charge in [-0.2, -0.15) is 0 Å². The van der Waals surface area contributed by atoms with Crippen LogP contribution >= 0.6 is 0 Å². The highest BCUT2D eigenvalue weighted by Crippen LogP contribution is 2.25. The number of imidazole rings is 1. The van der Waals surface area contributed by atoms with E-state index >= 15 is 0 Å². The van der Waals surface area contributed by atoms with Crippen molar-refractivity contribution in [3.63, 3.8) is 0 Å². The van der Waals surface area contributed by atoms with E-state index in [-0.39, 0.29) is 17.0 Å². The highest BCUT2D eigenvalue weighted by Gasteiger charge is 2.29. The summed E-state index contributed by atoms with van der Waals surface area (Å²) in [5, 5.41) is 0.232. The fraction of sp³-hybridized carbons (Fsp3) is 0.864. The van der Waals surface area contributed by atoms with E-state index in [1.165, 1.54) is 32.1 Å². The molecule has 8 heteroatoms. The van der Waals surface area contributed by atoms with Crippen molar-refractivity contribution < 1.29 is 13.2 Å². The Bertz CT molecular complexity index is 774. The van der Waals surface area contributed by atoms with Crippen LogP contribution in [0.3, 0.4) is 0 Å². The number of sulfone groups is 1. The summed E-state index contributed by atoms with van der Waals surface area (Å²) in [5.41, 5.74) is 1.01. The van der Waals surface area contributed by atoms with Crippen LogP contribution in [0.1, 0.15) is 64.0 Å². The second kappa shape index (κ2) is 10.1. The van der Waals surface area contributed by atoms with Crippen LogP contribution in [0.5, 0.6) is 0 Å². The Morgan fingerprint density at radius 1 is 1.07 bits per heavy atom. The molecule has 0 radical (unpaired) electrons. The molecule has 0 spiro atoms. The van der Waals surface area contributed by atoms with Gasteiger partial charge in [-0.1, -0.05) is 26.2 Å². The smallest absolute Gasteiger partial charge is 0.227 e. The Morgan fingerprint density at radius 2 is 1.83 bits per heavy atom. The van der Waals surface area contributed by atoms with Gasteiger partial charge in [0.1, 0.15) is 0 Å². The molecule has 4 rings (SSSR count). The molecule has 1 aliphatic carbocycles. The molecule has 7 nitrogen and oxygen atoms in total. The number of rotatable bonds is 8. The topological polar surface area (TPSA) is 67.7 Å². The third-order valence-corrected chi connectivity index (χ3v) is 8.77. The van der Waals surface area contributed by atoms with Crippen molar-refractivity contribution in [1.82, 2.24) is 19.4 Å². The molecule has 2 aliphatic heterocycles. The number of ether oxygens (including phenoxy) is 1. The first-order valence-corrected chi connectivity index (χ1v) is 13.6. The highest BCUT2D eigenvalue weighted by atomic mass is 32.2. The van der Waals surface area contributed by atoms with Crippen LogP contribution in [0.2, 0.25) is 0 Å². The van der Waals surface area contributed by atoms with E-state index in [1.807, 2.05) is 11.5 Å². The summed E-state index contributed by atoms with van der Waals surface area (Å²) in [7, 11) is -3.36. The Balaban J connectivity index is 1.43. The van der Waals surface area contributed by atoms with E-state index in [9.17, 15) is 8.42 Å². The average molecular weight is 439 g/mol. The number of piperazine rings is 1. The fourth-order valence-corrected chi connectivity index (χ4v) is 6.74. The number of aromatic nitrogens is 2. The van der Waals surface area contributed by atoms with Gasteiger partial charge in [-0.05, 0) is 32.1 Å². The third kappa shape index (κ3) is 5.26. The van der Waals surface area contributed by atoms with E-state index in [0.29, 0.717) is 13.0 Å². The van der Waals surface area contributed by atoms with Crippen LogP contribution in [0.4, 0.5) is 0 Å². The van der Waals surface area contributed by atoms with Crippen molar-refractivity contribution in [2.45, 2.75) is 88.7 Å². The van der Waals surface area contributed by atoms with E-state index in [2.05, 4.69) is 14.8 Å². The molecule has 3 fully saturated rings. The monoisotopic (exact) mass is 438 g/mol. The first kappa shape index (κ1) is 22.2. The molecule has 0 aromatic carbocycles. The number of hydrogen-bond donors (Lipinski definition) is 0.